The summed E-state index contributed by atoms with van der Waals surface area (Å²) in [6, 6.07) is 7.30. The molecule has 1 aliphatic heterocycles. The predicted octanol–water partition coefficient (Wildman–Crippen LogP) is 0.681. The molecule has 1 aliphatic rings. The summed E-state index contributed by atoms with van der Waals surface area (Å²) in [6.07, 6.45) is 0.0627. The molecule has 0 unspecified atom stereocenters. The summed E-state index contributed by atoms with van der Waals surface area (Å²) in [4.78, 5) is 13.8. The number of aryl methyl sites for hydroxylation is 1. The zero-order valence-electron chi connectivity index (χ0n) is 10.2. The number of aliphatic hydroxyl groups is 1. The van der Waals surface area contributed by atoms with E-state index in [0.717, 1.165) is 11.3 Å². The van der Waals surface area contributed by atoms with Gasteiger partial charge in [0, 0.05) is 12.7 Å². The lowest BCUT2D eigenvalue weighted by molar-refractivity contribution is -0.121. The number of aliphatic hydroxyl groups excluding tert-OH is 1. The van der Waals surface area contributed by atoms with Crippen molar-refractivity contribution in [2.45, 2.75) is 25.5 Å². The second-order valence-corrected chi connectivity index (χ2v) is 4.52. The van der Waals surface area contributed by atoms with Crippen LogP contribution in [0.4, 0.5) is 5.69 Å². The Labute approximate surface area is 101 Å². The lowest BCUT2D eigenvalue weighted by Crippen LogP contribution is -2.46. The van der Waals surface area contributed by atoms with Gasteiger partial charge in [-0.25, -0.2) is 0 Å². The molecule has 2 N–H and O–H groups in total. The summed E-state index contributed by atoms with van der Waals surface area (Å²) in [5, 5.41) is 12.7. The van der Waals surface area contributed by atoms with Crippen LogP contribution in [-0.4, -0.2) is 36.8 Å². The van der Waals surface area contributed by atoms with Crippen LogP contribution in [0, 0.1) is 6.92 Å². The van der Waals surface area contributed by atoms with Crippen LogP contribution in [-0.2, 0) is 4.79 Å². The third-order valence-electron chi connectivity index (χ3n) is 3.17. The summed E-state index contributed by atoms with van der Waals surface area (Å²) >= 11 is 0. The van der Waals surface area contributed by atoms with Gasteiger partial charge in [-0.1, -0.05) is 12.1 Å². The maximum absolute atomic E-state index is 12.2. The SMILES string of the molecule is Cc1cccc(N(C)C(=O)[C@H]2NCC[C@H]2O)c1. The zero-order valence-corrected chi connectivity index (χ0v) is 10.2. The Morgan fingerprint density at radius 2 is 2.29 bits per heavy atom. The van der Waals surface area contributed by atoms with Crippen molar-refractivity contribution in [3.8, 4) is 0 Å². The molecule has 1 amide bonds. The predicted molar refractivity (Wildman–Crippen MR) is 67.0 cm³/mol. The number of rotatable bonds is 2. The van der Waals surface area contributed by atoms with Crippen molar-refractivity contribution in [3.05, 3.63) is 29.8 Å². The number of carbonyl (C=O) groups is 1. The first kappa shape index (κ1) is 12.1. The molecule has 0 aliphatic carbocycles. The van der Waals surface area contributed by atoms with Gasteiger partial charge in [0.1, 0.15) is 6.04 Å². The molecule has 0 bridgehead atoms. The molecule has 0 aromatic heterocycles. The molecule has 1 aromatic carbocycles. The highest BCUT2D eigenvalue weighted by Gasteiger charge is 2.33. The minimum Gasteiger partial charge on any atom is -0.391 e. The lowest BCUT2D eigenvalue weighted by Gasteiger charge is -2.23. The third-order valence-corrected chi connectivity index (χ3v) is 3.17. The van der Waals surface area contributed by atoms with Crippen LogP contribution in [0.5, 0.6) is 0 Å². The van der Waals surface area contributed by atoms with E-state index in [2.05, 4.69) is 5.32 Å². The third kappa shape index (κ3) is 2.48. The summed E-state index contributed by atoms with van der Waals surface area (Å²) in [6.45, 7) is 2.68. The molecule has 4 nitrogen and oxygen atoms in total. The number of likely N-dealkylation sites (N-methyl/N-ethyl adjacent to an activating group) is 1. The summed E-state index contributed by atoms with van der Waals surface area (Å²) in [5.41, 5.74) is 1.97. The number of nitrogens with one attached hydrogen (secondary N) is 1. The average Bonchev–Trinajstić information content (AvgIpc) is 2.73. The Hall–Kier alpha value is -1.39. The van der Waals surface area contributed by atoms with E-state index >= 15 is 0 Å². The monoisotopic (exact) mass is 234 g/mol. The number of carbonyl (C=O) groups excluding carboxylic acids is 1. The largest absolute Gasteiger partial charge is 0.391 e. The highest BCUT2D eigenvalue weighted by Crippen LogP contribution is 2.17. The Bertz CT molecular complexity index is 420. The Morgan fingerprint density at radius 3 is 2.88 bits per heavy atom. The van der Waals surface area contributed by atoms with Crippen LogP contribution in [0.2, 0.25) is 0 Å². The van der Waals surface area contributed by atoms with Gasteiger partial charge in [0.05, 0.1) is 6.10 Å². The number of anilines is 1. The number of hydrogen-bond acceptors (Lipinski definition) is 3. The molecule has 4 heteroatoms. The molecule has 17 heavy (non-hydrogen) atoms. The average molecular weight is 234 g/mol. The highest BCUT2D eigenvalue weighted by molar-refractivity contribution is 5.97. The van der Waals surface area contributed by atoms with Crippen LogP contribution in [0.1, 0.15) is 12.0 Å². The van der Waals surface area contributed by atoms with E-state index in [1.807, 2.05) is 31.2 Å². The van der Waals surface area contributed by atoms with E-state index in [0.29, 0.717) is 13.0 Å². The van der Waals surface area contributed by atoms with Crippen LogP contribution in [0.3, 0.4) is 0 Å². The quantitative estimate of drug-likeness (QED) is 0.791. The first-order chi connectivity index (χ1) is 8.09. The second-order valence-electron chi connectivity index (χ2n) is 4.52. The molecule has 1 fully saturated rings. The normalized spacial score (nSPS) is 23.7. The molecule has 0 radical (unpaired) electrons. The fourth-order valence-electron chi connectivity index (χ4n) is 2.11. The fourth-order valence-corrected chi connectivity index (χ4v) is 2.11. The summed E-state index contributed by atoms with van der Waals surface area (Å²) in [5.74, 6) is -0.0828. The van der Waals surface area contributed by atoms with Gasteiger partial charge in [-0.15, -0.1) is 0 Å². The Balaban J connectivity index is 2.14. The van der Waals surface area contributed by atoms with E-state index in [1.54, 1.807) is 11.9 Å². The minimum absolute atomic E-state index is 0.0828. The van der Waals surface area contributed by atoms with E-state index < -0.39 is 12.1 Å². The van der Waals surface area contributed by atoms with Crippen molar-refractivity contribution >= 4 is 11.6 Å². The van der Waals surface area contributed by atoms with Gasteiger partial charge in [0.2, 0.25) is 5.91 Å². The molecular weight excluding hydrogens is 216 g/mol. The number of nitrogens with zero attached hydrogens (tertiary/aromatic N) is 1. The topological polar surface area (TPSA) is 52.6 Å². The first-order valence-electron chi connectivity index (χ1n) is 5.85. The number of amides is 1. The molecule has 1 saturated heterocycles. The van der Waals surface area contributed by atoms with E-state index in [-0.39, 0.29) is 5.91 Å². The van der Waals surface area contributed by atoms with Gasteiger partial charge in [0.15, 0.2) is 0 Å². The molecule has 1 heterocycles. The molecule has 0 saturated carbocycles. The van der Waals surface area contributed by atoms with Crippen molar-refractivity contribution in [3.63, 3.8) is 0 Å². The van der Waals surface area contributed by atoms with Gasteiger partial charge < -0.3 is 15.3 Å². The van der Waals surface area contributed by atoms with Crippen molar-refractivity contribution in [2.24, 2.45) is 0 Å². The maximum Gasteiger partial charge on any atom is 0.246 e. The van der Waals surface area contributed by atoms with E-state index in [4.69, 9.17) is 0 Å². The second kappa shape index (κ2) is 4.85. The molecule has 0 spiro atoms. The van der Waals surface area contributed by atoms with Crippen molar-refractivity contribution in [2.75, 3.05) is 18.5 Å². The summed E-state index contributed by atoms with van der Waals surface area (Å²) in [7, 11) is 1.74. The molecule has 1 aromatic rings. The van der Waals surface area contributed by atoms with Crippen LogP contribution in [0.15, 0.2) is 24.3 Å². The smallest absolute Gasteiger partial charge is 0.246 e. The van der Waals surface area contributed by atoms with Crippen LogP contribution < -0.4 is 10.2 Å². The molecule has 2 rings (SSSR count). The van der Waals surface area contributed by atoms with Crippen LogP contribution >= 0.6 is 0 Å². The molecule has 2 atom stereocenters. The van der Waals surface area contributed by atoms with E-state index in [9.17, 15) is 9.90 Å². The minimum atomic E-state index is -0.574. The molecular formula is C13H18N2O2. The van der Waals surface area contributed by atoms with Gasteiger partial charge >= 0.3 is 0 Å². The zero-order chi connectivity index (χ0) is 12.4. The van der Waals surface area contributed by atoms with Gasteiger partial charge in [-0.3, -0.25) is 4.79 Å². The standard InChI is InChI=1S/C13H18N2O2/c1-9-4-3-5-10(8-9)15(2)13(17)12-11(16)6-7-14-12/h3-5,8,11-12,14,16H,6-7H2,1-2H3/t11-,12+/m1/s1. The van der Waals surface area contributed by atoms with Gasteiger partial charge in [-0.05, 0) is 37.6 Å². The fraction of sp³-hybridized carbons (Fsp3) is 0.462. The number of hydrogen-bond donors (Lipinski definition) is 2. The molecule has 92 valence electrons. The van der Waals surface area contributed by atoms with Crippen molar-refractivity contribution in [1.82, 2.24) is 5.32 Å². The van der Waals surface area contributed by atoms with E-state index in [1.165, 1.54) is 0 Å². The Kier molecular flexibility index (Phi) is 3.45. The van der Waals surface area contributed by atoms with Gasteiger partial charge in [0.25, 0.3) is 0 Å². The number of benzene rings is 1. The first-order valence-corrected chi connectivity index (χ1v) is 5.85. The maximum atomic E-state index is 12.2. The van der Waals surface area contributed by atoms with Crippen molar-refractivity contribution in [1.29, 1.82) is 0 Å². The van der Waals surface area contributed by atoms with Gasteiger partial charge in [-0.2, -0.15) is 0 Å². The van der Waals surface area contributed by atoms with Crippen molar-refractivity contribution < 1.29 is 9.90 Å². The Morgan fingerprint density at radius 1 is 1.53 bits per heavy atom. The van der Waals surface area contributed by atoms with Crippen LogP contribution in [0.25, 0.3) is 0 Å². The highest BCUT2D eigenvalue weighted by atomic mass is 16.3. The lowest BCUT2D eigenvalue weighted by atomic mass is 10.1. The summed E-state index contributed by atoms with van der Waals surface area (Å²) < 4.78 is 0.